The minimum Gasteiger partial charge on any atom is -0.457 e. The minimum absolute atomic E-state index is 0.0529. The van der Waals surface area contributed by atoms with E-state index in [4.69, 9.17) is 32.3 Å². The quantitative estimate of drug-likeness (QED) is 0.247. The second-order valence-electron chi connectivity index (χ2n) is 9.28. The van der Waals surface area contributed by atoms with E-state index in [1.165, 1.54) is 6.20 Å². The number of aromatic amines is 1. The molecule has 12 nitrogen and oxygen atoms in total. The van der Waals surface area contributed by atoms with Gasteiger partial charge in [0.15, 0.2) is 0 Å². The zero-order valence-corrected chi connectivity index (χ0v) is 24.5. The van der Waals surface area contributed by atoms with E-state index in [9.17, 15) is 13.9 Å². The maximum absolute atomic E-state index is 13.0. The molecule has 0 aliphatic rings. The van der Waals surface area contributed by atoms with Crippen LogP contribution in [0.15, 0.2) is 11.0 Å². The first-order valence-corrected chi connectivity index (χ1v) is 15.4. The van der Waals surface area contributed by atoms with Gasteiger partial charge in [0.25, 0.3) is 11.6 Å². The van der Waals surface area contributed by atoms with Crippen LogP contribution in [0, 0.1) is 6.92 Å². The van der Waals surface area contributed by atoms with Gasteiger partial charge in [-0.15, -0.1) is 0 Å². The predicted octanol–water partition coefficient (Wildman–Crippen LogP) is 4.86. The molecule has 1 rings (SSSR count). The van der Waals surface area contributed by atoms with Gasteiger partial charge in [-0.05, 0) is 62.3 Å². The zero-order valence-electron chi connectivity index (χ0n) is 22.7. The first-order chi connectivity index (χ1) is 16.6. The molecule has 0 bridgehead atoms. The molecule has 0 aliphatic heterocycles. The Balaban J connectivity index is 2.93. The van der Waals surface area contributed by atoms with Crippen LogP contribution in [0.5, 0.6) is 6.01 Å². The van der Waals surface area contributed by atoms with Crippen LogP contribution >= 0.6 is 15.2 Å². The largest absolute Gasteiger partial charge is 0.457 e. The molecule has 36 heavy (non-hydrogen) atoms. The van der Waals surface area contributed by atoms with Crippen molar-refractivity contribution in [2.45, 2.75) is 92.8 Å². The third-order valence-corrected chi connectivity index (χ3v) is 7.79. The first kappa shape index (κ1) is 32.9. The number of ether oxygens (including phenoxy) is 3. The molecule has 0 radical (unpaired) electrons. The number of hydrogen-bond donors (Lipinski definition) is 1. The van der Waals surface area contributed by atoms with E-state index >= 15 is 0 Å². The molecule has 14 heteroatoms. The van der Waals surface area contributed by atoms with Gasteiger partial charge in [-0.3, -0.25) is 18.9 Å². The van der Waals surface area contributed by atoms with Gasteiger partial charge in [0, 0.05) is 11.8 Å². The highest BCUT2D eigenvalue weighted by atomic mass is 31.2. The molecule has 210 valence electrons. The molecule has 1 N–H and O–H groups in total. The van der Waals surface area contributed by atoms with Crippen molar-refractivity contribution in [3.8, 4) is 6.01 Å². The fourth-order valence-corrected chi connectivity index (χ4v) is 6.39. The average molecular weight is 557 g/mol. The van der Waals surface area contributed by atoms with E-state index in [1.54, 1.807) is 62.3 Å². The highest BCUT2D eigenvalue weighted by Gasteiger charge is 2.31. The highest BCUT2D eigenvalue weighted by molar-refractivity contribution is 7.53. The predicted molar refractivity (Wildman–Crippen MR) is 136 cm³/mol. The van der Waals surface area contributed by atoms with Crippen LogP contribution in [0.25, 0.3) is 0 Å². The lowest BCUT2D eigenvalue weighted by atomic mass is 10.4. The normalized spacial score (nSPS) is 13.1. The summed E-state index contributed by atoms with van der Waals surface area (Å²) < 4.78 is 65.0. The van der Waals surface area contributed by atoms with E-state index in [-0.39, 0.29) is 61.9 Å². The Morgan fingerprint density at radius 1 is 0.778 bits per heavy atom. The Hall–Kier alpha value is -1.10. The summed E-state index contributed by atoms with van der Waals surface area (Å²) in [6.07, 6.45) is -1.47. The summed E-state index contributed by atoms with van der Waals surface area (Å²) in [6.45, 7) is 15.3. The van der Waals surface area contributed by atoms with Crippen LogP contribution in [0.1, 0.15) is 61.0 Å². The molecule has 0 aromatic carbocycles. The number of hydrogen-bond acceptors (Lipinski definition) is 11. The highest BCUT2D eigenvalue weighted by Crippen LogP contribution is 2.51. The third-order valence-electron chi connectivity index (χ3n) is 3.82. The van der Waals surface area contributed by atoms with Gasteiger partial charge in [-0.1, -0.05) is 0 Å². The molecule has 0 atom stereocenters. The summed E-state index contributed by atoms with van der Waals surface area (Å²) in [4.78, 5) is 18.5. The molecule has 0 aliphatic carbocycles. The van der Waals surface area contributed by atoms with Gasteiger partial charge < -0.3 is 32.3 Å². The number of rotatable bonds is 18. The zero-order chi connectivity index (χ0) is 27.5. The monoisotopic (exact) mass is 556 g/mol. The van der Waals surface area contributed by atoms with Crippen molar-refractivity contribution >= 4 is 15.2 Å². The SMILES string of the molecule is Cc1cnc(OC(COCP(=O)(OC(C)C)OC(C)C)COCP(=O)(OC(C)C)OC(C)C)[nH]c1=O. The number of H-pyrrole nitrogens is 1. The molecular formula is C22H42N2O10P2. The van der Waals surface area contributed by atoms with Gasteiger partial charge in [0.2, 0.25) is 0 Å². The van der Waals surface area contributed by atoms with Crippen LogP contribution in [0.2, 0.25) is 0 Å². The molecule has 0 amide bonds. The van der Waals surface area contributed by atoms with Crippen molar-refractivity contribution in [3.63, 3.8) is 0 Å². The molecular weight excluding hydrogens is 514 g/mol. The number of aryl methyl sites for hydroxylation is 1. The van der Waals surface area contributed by atoms with Crippen molar-refractivity contribution < 1.29 is 41.4 Å². The van der Waals surface area contributed by atoms with Gasteiger partial charge in [0.05, 0.1) is 37.6 Å². The summed E-state index contributed by atoms with van der Waals surface area (Å²) in [5, 5.41) is 0. The Morgan fingerprint density at radius 3 is 1.50 bits per heavy atom. The molecule has 0 saturated carbocycles. The third kappa shape index (κ3) is 13.4. The van der Waals surface area contributed by atoms with Crippen molar-refractivity contribution in [1.82, 2.24) is 9.97 Å². The molecule has 1 aromatic heterocycles. The number of aromatic nitrogens is 2. The Kier molecular flexibility index (Phi) is 14.0. The van der Waals surface area contributed by atoms with Crippen LogP contribution in [0.4, 0.5) is 0 Å². The summed E-state index contributed by atoms with van der Waals surface area (Å²) in [5.74, 6) is 0. The van der Waals surface area contributed by atoms with Crippen LogP contribution < -0.4 is 10.3 Å². The lowest BCUT2D eigenvalue weighted by Crippen LogP contribution is -2.31. The second kappa shape index (κ2) is 15.3. The van der Waals surface area contributed by atoms with Crippen molar-refractivity contribution in [2.75, 3.05) is 25.9 Å². The maximum atomic E-state index is 13.0. The lowest BCUT2D eigenvalue weighted by molar-refractivity contribution is -0.00213. The van der Waals surface area contributed by atoms with E-state index in [0.717, 1.165) is 0 Å². The molecule has 1 heterocycles. The standard InChI is InChI=1S/C22H42N2O10P2/c1-15(2)31-35(26,32-16(3)4)13-28-11-20(30-22-23-10-19(9)21(25)24-22)12-29-14-36(27,33-17(5)6)34-18(7)8/h10,15-18,20H,11-14H2,1-9H3,(H,23,24,25). The van der Waals surface area contributed by atoms with Crippen LogP contribution in [0.3, 0.4) is 0 Å². The molecule has 0 fully saturated rings. The van der Waals surface area contributed by atoms with Gasteiger partial charge >= 0.3 is 15.2 Å². The molecule has 0 spiro atoms. The van der Waals surface area contributed by atoms with E-state index in [2.05, 4.69) is 9.97 Å². The minimum atomic E-state index is -3.55. The summed E-state index contributed by atoms with van der Waals surface area (Å²) in [5.41, 5.74) is 0.0579. The Bertz CT molecular complexity index is 864. The summed E-state index contributed by atoms with van der Waals surface area (Å²) in [6, 6.07) is -0.0529. The number of nitrogens with one attached hydrogen (secondary N) is 1. The van der Waals surface area contributed by atoms with Crippen molar-refractivity contribution in [1.29, 1.82) is 0 Å². The molecule has 0 unspecified atom stereocenters. The fourth-order valence-electron chi connectivity index (χ4n) is 2.82. The smallest absolute Gasteiger partial charge is 0.356 e. The topological polar surface area (TPSA) is 144 Å². The first-order valence-electron chi connectivity index (χ1n) is 11.9. The maximum Gasteiger partial charge on any atom is 0.356 e. The lowest BCUT2D eigenvalue weighted by Gasteiger charge is -2.25. The average Bonchev–Trinajstić information content (AvgIpc) is 2.67. The van der Waals surface area contributed by atoms with E-state index in [1.807, 2.05) is 0 Å². The Morgan fingerprint density at radius 2 is 1.17 bits per heavy atom. The van der Waals surface area contributed by atoms with E-state index < -0.39 is 21.3 Å². The van der Waals surface area contributed by atoms with Crippen LogP contribution in [-0.2, 0) is 36.7 Å². The molecule has 1 aromatic rings. The fraction of sp³-hybridized carbons (Fsp3) is 0.818. The second-order valence-corrected chi connectivity index (χ2v) is 13.1. The van der Waals surface area contributed by atoms with Crippen LogP contribution in [-0.4, -0.2) is 66.4 Å². The Labute approximate surface area is 213 Å². The summed E-state index contributed by atoms with van der Waals surface area (Å²) >= 11 is 0. The van der Waals surface area contributed by atoms with Gasteiger partial charge in [-0.25, -0.2) is 4.98 Å². The summed E-state index contributed by atoms with van der Waals surface area (Å²) in [7, 11) is -7.09. The van der Waals surface area contributed by atoms with Crippen molar-refractivity contribution in [3.05, 3.63) is 22.1 Å². The van der Waals surface area contributed by atoms with Crippen molar-refractivity contribution in [2.24, 2.45) is 0 Å². The van der Waals surface area contributed by atoms with E-state index in [0.29, 0.717) is 5.56 Å². The van der Waals surface area contributed by atoms with Gasteiger partial charge in [-0.2, -0.15) is 0 Å². The number of nitrogens with zero attached hydrogens (tertiary/aromatic N) is 1. The molecule has 0 saturated heterocycles. The van der Waals surface area contributed by atoms with Gasteiger partial charge in [0.1, 0.15) is 18.8 Å².